The smallest absolute Gasteiger partial charge is 0.327 e. The zero-order valence-corrected chi connectivity index (χ0v) is 15.2. The molecule has 3 N–H and O–H groups in total. The van der Waals surface area contributed by atoms with Gasteiger partial charge in [-0.25, -0.2) is 4.79 Å². The summed E-state index contributed by atoms with van der Waals surface area (Å²) in [6.45, 7) is -0.526. The first-order valence-electron chi connectivity index (χ1n) is 8.10. The lowest BCUT2D eigenvalue weighted by Gasteiger charge is -2.17. The van der Waals surface area contributed by atoms with Crippen molar-refractivity contribution in [3.63, 3.8) is 0 Å². The first-order chi connectivity index (χ1) is 14.5. The van der Waals surface area contributed by atoms with Gasteiger partial charge in [0, 0.05) is 18.7 Å². The van der Waals surface area contributed by atoms with Crippen LogP contribution in [0.3, 0.4) is 0 Å². The quantitative estimate of drug-likeness (QED) is 0.359. The van der Waals surface area contributed by atoms with Crippen molar-refractivity contribution in [3.8, 4) is 0 Å². The third-order valence-corrected chi connectivity index (χ3v) is 3.90. The fourth-order valence-electron chi connectivity index (χ4n) is 2.44. The molecule has 0 saturated heterocycles. The van der Waals surface area contributed by atoms with Gasteiger partial charge in [-0.15, -0.1) is 0 Å². The first kappa shape index (κ1) is 22.4. The van der Waals surface area contributed by atoms with Crippen LogP contribution >= 0.6 is 0 Å². The van der Waals surface area contributed by atoms with Gasteiger partial charge in [-0.05, 0) is 12.1 Å². The highest BCUT2D eigenvalue weighted by atomic mass is 16.6. The molecule has 2 aromatic carbocycles. The van der Waals surface area contributed by atoms with Crippen LogP contribution in [0.5, 0.6) is 0 Å². The molecule has 0 aromatic heterocycles. The summed E-state index contributed by atoms with van der Waals surface area (Å²) in [6.07, 6.45) is 0. The molecule has 0 heterocycles. The lowest BCUT2D eigenvalue weighted by Crippen LogP contribution is -2.36. The molecule has 0 aliphatic rings. The normalized spacial score (nSPS) is 11.2. The van der Waals surface area contributed by atoms with E-state index in [2.05, 4.69) is 10.6 Å². The standard InChI is InChI=1S/C15H12N6O10/c22-15(23)12(17-11-4-2-9(19(26)27)6-14(11)21(30)31)7-16-10-3-1-8(18(24)25)5-13(10)20(28)29/h1-6,12,16-17H,7H2,(H,22,23). The molecule has 0 amide bonds. The molecule has 0 fully saturated rings. The fraction of sp³-hybridized carbons (Fsp3) is 0.133. The van der Waals surface area contributed by atoms with Crippen molar-refractivity contribution in [1.82, 2.24) is 0 Å². The van der Waals surface area contributed by atoms with Crippen LogP contribution in [0.4, 0.5) is 34.1 Å². The molecule has 0 bridgehead atoms. The first-order valence-corrected chi connectivity index (χ1v) is 8.10. The number of aliphatic carboxylic acids is 1. The van der Waals surface area contributed by atoms with Crippen molar-refractivity contribution in [2.75, 3.05) is 17.2 Å². The van der Waals surface area contributed by atoms with E-state index in [1.807, 2.05) is 0 Å². The Morgan fingerprint density at radius 1 is 0.806 bits per heavy atom. The molecule has 0 aliphatic carbocycles. The number of carboxylic acids is 1. The van der Waals surface area contributed by atoms with Crippen LogP contribution < -0.4 is 10.6 Å². The van der Waals surface area contributed by atoms with Gasteiger partial charge in [0.15, 0.2) is 0 Å². The van der Waals surface area contributed by atoms with Crippen LogP contribution in [0.25, 0.3) is 0 Å². The number of benzene rings is 2. The largest absolute Gasteiger partial charge is 0.480 e. The van der Waals surface area contributed by atoms with E-state index >= 15 is 0 Å². The van der Waals surface area contributed by atoms with Crippen LogP contribution in [0.15, 0.2) is 36.4 Å². The van der Waals surface area contributed by atoms with Gasteiger partial charge in [-0.2, -0.15) is 0 Å². The second-order valence-corrected chi connectivity index (χ2v) is 5.85. The number of anilines is 2. The number of rotatable bonds is 10. The Hall–Kier alpha value is -4.89. The van der Waals surface area contributed by atoms with Gasteiger partial charge < -0.3 is 15.7 Å². The Kier molecular flexibility index (Phi) is 6.56. The topological polar surface area (TPSA) is 234 Å². The van der Waals surface area contributed by atoms with Gasteiger partial charge in [-0.1, -0.05) is 0 Å². The highest BCUT2D eigenvalue weighted by Crippen LogP contribution is 2.31. The summed E-state index contributed by atoms with van der Waals surface area (Å²) in [4.78, 5) is 51.9. The monoisotopic (exact) mass is 436 g/mol. The van der Waals surface area contributed by atoms with Crippen molar-refractivity contribution in [2.24, 2.45) is 0 Å². The second-order valence-electron chi connectivity index (χ2n) is 5.85. The van der Waals surface area contributed by atoms with Gasteiger partial charge >= 0.3 is 5.97 Å². The Bertz CT molecular complexity index is 1090. The molecule has 2 rings (SSSR count). The summed E-state index contributed by atoms with van der Waals surface area (Å²) in [5, 5.41) is 58.1. The Morgan fingerprint density at radius 3 is 1.68 bits per heavy atom. The zero-order chi connectivity index (χ0) is 23.3. The molecule has 31 heavy (non-hydrogen) atoms. The van der Waals surface area contributed by atoms with Gasteiger partial charge in [-0.3, -0.25) is 40.5 Å². The highest BCUT2D eigenvalue weighted by Gasteiger charge is 2.26. The summed E-state index contributed by atoms with van der Waals surface area (Å²) in [6, 6.07) is 3.66. The van der Waals surface area contributed by atoms with Gasteiger partial charge in [0.25, 0.3) is 22.7 Å². The average Bonchev–Trinajstić information content (AvgIpc) is 2.70. The van der Waals surface area contributed by atoms with Crippen molar-refractivity contribution < 1.29 is 29.6 Å². The fourth-order valence-corrected chi connectivity index (χ4v) is 2.44. The molecule has 16 heteroatoms. The van der Waals surface area contributed by atoms with E-state index in [4.69, 9.17) is 0 Å². The SMILES string of the molecule is O=C(O)C(CNc1ccc([N+](=O)[O-])cc1[N+](=O)[O-])Nc1ccc([N+](=O)[O-])cc1[N+](=O)[O-]. The minimum Gasteiger partial charge on any atom is -0.480 e. The summed E-state index contributed by atoms with van der Waals surface area (Å²) in [7, 11) is 0. The molecular formula is C15H12N6O10. The van der Waals surface area contributed by atoms with Crippen molar-refractivity contribution >= 4 is 40.1 Å². The Morgan fingerprint density at radius 2 is 1.26 bits per heavy atom. The summed E-state index contributed by atoms with van der Waals surface area (Å²) in [5.74, 6) is -1.50. The molecule has 0 aliphatic heterocycles. The molecule has 2 aromatic rings. The average molecular weight is 436 g/mol. The molecule has 0 saturated carbocycles. The molecule has 1 atom stereocenters. The Labute approximate surface area is 170 Å². The summed E-state index contributed by atoms with van der Waals surface area (Å²) in [5.41, 5.74) is -3.11. The number of carbonyl (C=O) groups is 1. The van der Waals surface area contributed by atoms with Crippen LogP contribution in [0.2, 0.25) is 0 Å². The lowest BCUT2D eigenvalue weighted by atomic mass is 10.2. The van der Waals surface area contributed by atoms with Crippen LogP contribution in [-0.4, -0.2) is 43.4 Å². The van der Waals surface area contributed by atoms with Crippen LogP contribution in [-0.2, 0) is 4.79 Å². The minimum atomic E-state index is -1.56. The number of nitro benzene ring substituents is 4. The van der Waals surface area contributed by atoms with E-state index in [1.165, 1.54) is 0 Å². The van der Waals surface area contributed by atoms with E-state index < -0.39 is 61.0 Å². The molecule has 0 radical (unpaired) electrons. The summed E-state index contributed by atoms with van der Waals surface area (Å²) >= 11 is 0. The molecule has 1 unspecified atom stereocenters. The number of non-ortho nitro benzene ring substituents is 2. The van der Waals surface area contributed by atoms with E-state index in [0.29, 0.717) is 12.1 Å². The third kappa shape index (κ3) is 5.34. The molecular weight excluding hydrogens is 424 g/mol. The number of carboxylic acid groups (broad SMARTS) is 1. The lowest BCUT2D eigenvalue weighted by molar-refractivity contribution is -0.393. The minimum absolute atomic E-state index is 0.221. The number of nitrogens with one attached hydrogen (secondary N) is 2. The van der Waals surface area contributed by atoms with E-state index in [1.54, 1.807) is 0 Å². The zero-order valence-electron chi connectivity index (χ0n) is 15.2. The highest BCUT2D eigenvalue weighted by molar-refractivity contribution is 5.80. The van der Waals surface area contributed by atoms with Crippen molar-refractivity contribution in [2.45, 2.75) is 6.04 Å². The number of nitro groups is 4. The third-order valence-electron chi connectivity index (χ3n) is 3.90. The maximum absolute atomic E-state index is 11.5. The van der Waals surface area contributed by atoms with Crippen molar-refractivity contribution in [1.29, 1.82) is 0 Å². The summed E-state index contributed by atoms with van der Waals surface area (Å²) < 4.78 is 0. The van der Waals surface area contributed by atoms with E-state index in [0.717, 1.165) is 24.3 Å². The number of nitrogens with zero attached hydrogens (tertiary/aromatic N) is 4. The van der Waals surface area contributed by atoms with E-state index in [9.17, 15) is 50.4 Å². The van der Waals surface area contributed by atoms with Crippen molar-refractivity contribution in [3.05, 3.63) is 76.9 Å². The van der Waals surface area contributed by atoms with Gasteiger partial charge in [0.05, 0.1) is 31.8 Å². The van der Waals surface area contributed by atoms with Gasteiger partial charge in [0.2, 0.25) is 0 Å². The van der Waals surface area contributed by atoms with Crippen LogP contribution in [0, 0.1) is 40.5 Å². The molecule has 16 nitrogen and oxygen atoms in total. The maximum atomic E-state index is 11.5. The molecule has 0 spiro atoms. The molecule has 162 valence electrons. The number of hydrogen-bond donors (Lipinski definition) is 3. The number of hydrogen-bond acceptors (Lipinski definition) is 11. The van der Waals surface area contributed by atoms with Crippen LogP contribution in [0.1, 0.15) is 0 Å². The predicted molar refractivity (Wildman–Crippen MR) is 103 cm³/mol. The maximum Gasteiger partial charge on any atom is 0.327 e. The predicted octanol–water partition coefficient (Wildman–Crippen LogP) is 2.30. The second kappa shape index (κ2) is 9.07. The van der Waals surface area contributed by atoms with E-state index in [-0.39, 0.29) is 11.4 Å². The Balaban J connectivity index is 2.29. The van der Waals surface area contributed by atoms with Gasteiger partial charge in [0.1, 0.15) is 17.4 Å².